The van der Waals surface area contributed by atoms with Crippen molar-refractivity contribution in [2.75, 3.05) is 5.73 Å². The van der Waals surface area contributed by atoms with Crippen molar-refractivity contribution in [2.24, 2.45) is 0 Å². The van der Waals surface area contributed by atoms with Gasteiger partial charge in [0.15, 0.2) is 0 Å². The molecule has 2 N–H and O–H groups in total. The summed E-state index contributed by atoms with van der Waals surface area (Å²) in [6, 6.07) is 11.8. The molecule has 3 aromatic rings. The van der Waals surface area contributed by atoms with Crippen LogP contribution in [0, 0.1) is 10.1 Å². The summed E-state index contributed by atoms with van der Waals surface area (Å²) >= 11 is 0. The summed E-state index contributed by atoms with van der Waals surface area (Å²) in [5, 5.41) is 18.7. The van der Waals surface area contributed by atoms with Crippen molar-refractivity contribution in [2.45, 2.75) is 0 Å². The topological polar surface area (TPSA) is 113 Å². The Morgan fingerprint density at radius 2 is 1.95 bits per heavy atom. The fourth-order valence-electron chi connectivity index (χ4n) is 1.94. The Labute approximate surface area is 119 Å². The first-order valence-corrected chi connectivity index (χ1v) is 6.03. The molecule has 8 nitrogen and oxygen atoms in total. The van der Waals surface area contributed by atoms with Crippen LogP contribution in [0.3, 0.4) is 0 Å². The molecule has 1 aromatic carbocycles. The second-order valence-corrected chi connectivity index (χ2v) is 4.26. The minimum Gasteiger partial charge on any atom is -0.383 e. The molecule has 2 aromatic heterocycles. The largest absolute Gasteiger partial charge is 0.383 e. The average molecular weight is 282 g/mol. The van der Waals surface area contributed by atoms with Crippen LogP contribution in [0.15, 0.2) is 48.7 Å². The van der Waals surface area contributed by atoms with Gasteiger partial charge in [0.2, 0.25) is 0 Å². The number of nitrogen functional groups attached to an aromatic ring is 1. The molecule has 8 heteroatoms. The average Bonchev–Trinajstić information content (AvgIpc) is 2.97. The maximum atomic E-state index is 10.9. The summed E-state index contributed by atoms with van der Waals surface area (Å²) in [5.41, 5.74) is 7.14. The molecule has 2 heterocycles. The van der Waals surface area contributed by atoms with E-state index in [1.165, 1.54) is 18.3 Å². The van der Waals surface area contributed by atoms with Crippen LogP contribution >= 0.6 is 0 Å². The smallest absolute Gasteiger partial charge is 0.275 e. The van der Waals surface area contributed by atoms with Crippen molar-refractivity contribution in [1.29, 1.82) is 0 Å². The first-order valence-electron chi connectivity index (χ1n) is 6.03. The van der Waals surface area contributed by atoms with E-state index in [-0.39, 0.29) is 11.5 Å². The van der Waals surface area contributed by atoms with E-state index in [1.54, 1.807) is 4.68 Å². The lowest BCUT2D eigenvalue weighted by Gasteiger charge is -2.06. The summed E-state index contributed by atoms with van der Waals surface area (Å²) in [5.74, 6) is 0.0695. The van der Waals surface area contributed by atoms with Gasteiger partial charge in [0.05, 0.1) is 28.6 Å². The molecule has 0 unspecified atom stereocenters. The Kier molecular flexibility index (Phi) is 3.03. The number of nitro groups is 1. The van der Waals surface area contributed by atoms with Crippen molar-refractivity contribution in [3.8, 4) is 17.1 Å². The second-order valence-electron chi connectivity index (χ2n) is 4.26. The molecule has 0 spiro atoms. The summed E-state index contributed by atoms with van der Waals surface area (Å²) in [7, 11) is 0. The summed E-state index contributed by atoms with van der Waals surface area (Å²) in [6.45, 7) is 0. The van der Waals surface area contributed by atoms with Crippen molar-refractivity contribution < 1.29 is 4.92 Å². The normalized spacial score (nSPS) is 10.5. The van der Waals surface area contributed by atoms with Crippen LogP contribution < -0.4 is 5.73 Å². The number of hydrogen-bond acceptors (Lipinski definition) is 6. The minimum absolute atomic E-state index is 0.0695. The van der Waals surface area contributed by atoms with Gasteiger partial charge in [0.1, 0.15) is 11.5 Å². The van der Waals surface area contributed by atoms with Gasteiger partial charge in [-0.2, -0.15) is 0 Å². The molecule has 104 valence electrons. The molecule has 0 fully saturated rings. The number of nitrogens with zero attached hydrogens (tertiary/aromatic N) is 5. The van der Waals surface area contributed by atoms with E-state index < -0.39 is 4.92 Å². The lowest BCUT2D eigenvalue weighted by atomic mass is 10.2. The van der Waals surface area contributed by atoms with Crippen LogP contribution in [0.1, 0.15) is 0 Å². The van der Waals surface area contributed by atoms with E-state index in [0.29, 0.717) is 11.4 Å². The van der Waals surface area contributed by atoms with Crippen LogP contribution in [0.5, 0.6) is 0 Å². The van der Waals surface area contributed by atoms with E-state index >= 15 is 0 Å². The van der Waals surface area contributed by atoms with Gasteiger partial charge < -0.3 is 5.73 Å². The van der Waals surface area contributed by atoms with Crippen molar-refractivity contribution in [3.63, 3.8) is 0 Å². The molecule has 3 rings (SSSR count). The summed E-state index contributed by atoms with van der Waals surface area (Å²) < 4.78 is 1.55. The highest BCUT2D eigenvalue weighted by atomic mass is 16.6. The number of pyridine rings is 1. The van der Waals surface area contributed by atoms with Crippen molar-refractivity contribution in [1.82, 2.24) is 20.0 Å². The van der Waals surface area contributed by atoms with Crippen molar-refractivity contribution >= 4 is 11.5 Å². The van der Waals surface area contributed by atoms with Gasteiger partial charge in [-0.1, -0.05) is 23.4 Å². The molecule has 0 saturated heterocycles. The summed E-state index contributed by atoms with van der Waals surface area (Å²) in [6.07, 6.45) is 1.48. The van der Waals surface area contributed by atoms with E-state index in [2.05, 4.69) is 15.3 Å². The Morgan fingerprint density at radius 3 is 2.67 bits per heavy atom. The lowest BCUT2D eigenvalue weighted by Crippen LogP contribution is -2.02. The highest BCUT2D eigenvalue weighted by molar-refractivity contribution is 5.62. The zero-order chi connectivity index (χ0) is 14.8. The van der Waals surface area contributed by atoms with Gasteiger partial charge in [0, 0.05) is 6.07 Å². The molecule has 0 aliphatic carbocycles. The van der Waals surface area contributed by atoms with Crippen LogP contribution in [-0.4, -0.2) is 24.9 Å². The SMILES string of the molecule is Nc1cc([N+](=O)[O-])cc(-c2cnnn2-c2ccccc2)n1. The number of hydrogen-bond donors (Lipinski definition) is 1. The van der Waals surface area contributed by atoms with Crippen LogP contribution in [-0.2, 0) is 0 Å². The molecule has 0 aliphatic heterocycles. The monoisotopic (exact) mass is 282 g/mol. The van der Waals surface area contributed by atoms with Gasteiger partial charge in [-0.15, -0.1) is 5.10 Å². The van der Waals surface area contributed by atoms with Crippen molar-refractivity contribution in [3.05, 3.63) is 58.8 Å². The van der Waals surface area contributed by atoms with Crippen LogP contribution in [0.25, 0.3) is 17.1 Å². The van der Waals surface area contributed by atoms with Gasteiger partial charge in [-0.3, -0.25) is 10.1 Å². The molecule has 0 radical (unpaired) electrons. The Balaban J connectivity index is 2.15. The molecular weight excluding hydrogens is 272 g/mol. The highest BCUT2D eigenvalue weighted by Gasteiger charge is 2.15. The molecular formula is C13H10N6O2. The minimum atomic E-state index is -0.516. The molecule has 0 amide bonds. The third-order valence-corrected chi connectivity index (χ3v) is 2.85. The highest BCUT2D eigenvalue weighted by Crippen LogP contribution is 2.25. The van der Waals surface area contributed by atoms with E-state index in [4.69, 9.17) is 5.73 Å². The third-order valence-electron chi connectivity index (χ3n) is 2.85. The number of rotatable bonds is 3. The lowest BCUT2D eigenvalue weighted by molar-refractivity contribution is -0.384. The molecule has 21 heavy (non-hydrogen) atoms. The Morgan fingerprint density at radius 1 is 1.19 bits per heavy atom. The second kappa shape index (κ2) is 5.00. The van der Waals surface area contributed by atoms with E-state index in [1.807, 2.05) is 30.3 Å². The first kappa shape index (κ1) is 12.7. The third kappa shape index (κ3) is 2.41. The molecule has 0 saturated carbocycles. The zero-order valence-electron chi connectivity index (χ0n) is 10.7. The number of aromatic nitrogens is 4. The zero-order valence-corrected chi connectivity index (χ0v) is 10.7. The Bertz CT molecular complexity index is 799. The van der Waals surface area contributed by atoms with Crippen LogP contribution in [0.2, 0.25) is 0 Å². The number of nitrogens with two attached hydrogens (primary N) is 1. The standard InChI is InChI=1S/C13H10N6O2/c14-13-7-10(19(20)21)6-11(16-13)12-8-15-17-18(12)9-4-2-1-3-5-9/h1-8H,(H2,14,16). The van der Waals surface area contributed by atoms with Gasteiger partial charge in [-0.25, -0.2) is 9.67 Å². The molecule has 0 atom stereocenters. The fraction of sp³-hybridized carbons (Fsp3) is 0. The van der Waals surface area contributed by atoms with Crippen LogP contribution in [0.4, 0.5) is 11.5 Å². The number of anilines is 1. The number of para-hydroxylation sites is 1. The first-order chi connectivity index (χ1) is 10.1. The summed E-state index contributed by atoms with van der Waals surface area (Å²) in [4.78, 5) is 14.5. The predicted octanol–water partition coefficient (Wildman–Crippen LogP) is 1.82. The maximum Gasteiger partial charge on any atom is 0.275 e. The quantitative estimate of drug-likeness (QED) is 0.579. The van der Waals surface area contributed by atoms with E-state index in [0.717, 1.165) is 5.69 Å². The maximum absolute atomic E-state index is 10.9. The van der Waals surface area contributed by atoms with E-state index in [9.17, 15) is 10.1 Å². The Hall–Kier alpha value is -3.29. The number of benzene rings is 1. The molecule has 0 bridgehead atoms. The predicted molar refractivity (Wildman–Crippen MR) is 75.7 cm³/mol. The van der Waals surface area contributed by atoms with Gasteiger partial charge >= 0.3 is 0 Å². The fourth-order valence-corrected chi connectivity index (χ4v) is 1.94. The van der Waals surface area contributed by atoms with Gasteiger partial charge in [-0.05, 0) is 12.1 Å². The van der Waals surface area contributed by atoms with Gasteiger partial charge in [0.25, 0.3) is 5.69 Å². The molecule has 0 aliphatic rings.